The number of hydrogen-bond donors (Lipinski definition) is 3. The highest BCUT2D eigenvalue weighted by molar-refractivity contribution is 8.00. The van der Waals surface area contributed by atoms with Crippen LogP contribution >= 0.6 is 34.7 Å². The molecule has 0 radical (unpaired) electrons. The van der Waals surface area contributed by atoms with Crippen molar-refractivity contribution in [2.45, 2.75) is 4.90 Å². The molecule has 9 nitrogen and oxygen atoms in total. The highest BCUT2D eigenvalue weighted by Crippen LogP contribution is 2.31. The molecule has 0 aliphatic rings. The molecule has 0 saturated heterocycles. The maximum Gasteiger partial charge on any atom is 0.272 e. The number of hydrogen-bond acceptors (Lipinski definition) is 8. The fourth-order valence-corrected chi connectivity index (χ4v) is 5.97. The molecular weight excluding hydrogens is 656 g/mol. The van der Waals surface area contributed by atoms with E-state index >= 15 is 0 Å². The maximum atomic E-state index is 13.4. The van der Waals surface area contributed by atoms with Crippen LogP contribution in [0.3, 0.4) is 0 Å². The Morgan fingerprint density at radius 1 is 0.872 bits per heavy atom. The van der Waals surface area contributed by atoms with Crippen LogP contribution in [0.5, 0.6) is 11.5 Å². The van der Waals surface area contributed by atoms with Gasteiger partial charge in [-0.2, -0.15) is 0 Å². The molecule has 1 heterocycles. The van der Waals surface area contributed by atoms with E-state index in [0.717, 1.165) is 10.5 Å². The summed E-state index contributed by atoms with van der Waals surface area (Å²) in [6.45, 7) is 0. The number of nitrogens with zero attached hydrogens (tertiary/aromatic N) is 1. The molecule has 47 heavy (non-hydrogen) atoms. The monoisotopic (exact) mass is 684 g/mol. The Labute approximate surface area is 285 Å². The Morgan fingerprint density at radius 2 is 1.60 bits per heavy atom. The van der Waals surface area contributed by atoms with Crippen LogP contribution < -0.4 is 25.4 Å². The highest BCUT2D eigenvalue weighted by Gasteiger charge is 2.16. The number of rotatable bonds is 12. The van der Waals surface area contributed by atoms with E-state index in [4.69, 9.17) is 21.1 Å². The number of carbonyl (C=O) groups excluding carboxylic acids is 3. The SMILES string of the molecule is COc1ccc(/C=C(\NC(=O)c2ccccc2)C(=O)Nc2ccc(SCC(=O)Nc3nc(-c4ccccc4Cl)cs3)cc2)cc1OC. The Hall–Kier alpha value is -5.10. The number of methoxy groups -OCH3 is 2. The van der Waals surface area contributed by atoms with Crippen molar-refractivity contribution >= 4 is 69.3 Å². The van der Waals surface area contributed by atoms with E-state index < -0.39 is 11.8 Å². The second kappa shape index (κ2) is 15.9. The summed E-state index contributed by atoms with van der Waals surface area (Å²) in [6.07, 6.45) is 1.56. The summed E-state index contributed by atoms with van der Waals surface area (Å²) >= 11 is 8.93. The summed E-state index contributed by atoms with van der Waals surface area (Å²) in [6, 6.07) is 28.2. The van der Waals surface area contributed by atoms with Crippen LogP contribution in [0, 0.1) is 0 Å². The standard InChI is InChI=1S/C35H29ClN4O5S2/c1-44-30-17-12-22(19-31(30)45-2)18-28(38-33(42)23-8-4-3-5-9-23)34(43)37-24-13-15-25(16-14-24)46-21-32(41)40-35-39-29(20-47-35)26-10-6-7-11-27(26)36/h3-20H,21H2,1-2H3,(H,37,43)(H,38,42)(H,39,40,41)/b28-18-. The second-order valence-corrected chi connectivity index (χ2v) is 12.1. The number of aromatic nitrogens is 1. The number of carbonyl (C=O) groups is 3. The lowest BCUT2D eigenvalue weighted by Crippen LogP contribution is -2.30. The van der Waals surface area contributed by atoms with Crippen LogP contribution in [-0.2, 0) is 9.59 Å². The minimum Gasteiger partial charge on any atom is -0.493 e. The molecule has 5 rings (SSSR count). The number of ether oxygens (including phenoxy) is 2. The Bertz CT molecular complexity index is 1910. The largest absolute Gasteiger partial charge is 0.493 e. The Balaban J connectivity index is 1.22. The molecule has 0 bridgehead atoms. The smallest absolute Gasteiger partial charge is 0.272 e. The summed E-state index contributed by atoms with van der Waals surface area (Å²) in [5.41, 5.74) is 3.05. The number of halogens is 1. The van der Waals surface area contributed by atoms with Crippen molar-refractivity contribution in [2.75, 3.05) is 30.6 Å². The number of thiazole rings is 1. The zero-order chi connectivity index (χ0) is 33.2. The molecule has 1 aromatic heterocycles. The molecule has 0 spiro atoms. The lowest BCUT2D eigenvalue weighted by atomic mass is 10.1. The van der Waals surface area contributed by atoms with E-state index in [1.807, 2.05) is 23.6 Å². The number of thioether (sulfide) groups is 1. The first-order valence-corrected chi connectivity index (χ1v) is 16.4. The minimum atomic E-state index is -0.525. The summed E-state index contributed by atoms with van der Waals surface area (Å²) < 4.78 is 10.7. The molecule has 5 aromatic rings. The van der Waals surface area contributed by atoms with Crippen molar-refractivity contribution < 1.29 is 23.9 Å². The van der Waals surface area contributed by atoms with E-state index in [9.17, 15) is 14.4 Å². The van der Waals surface area contributed by atoms with Gasteiger partial charge < -0.3 is 25.4 Å². The predicted molar refractivity (Wildman–Crippen MR) is 188 cm³/mol. The van der Waals surface area contributed by atoms with Crippen LogP contribution in [0.25, 0.3) is 17.3 Å². The van der Waals surface area contributed by atoms with E-state index in [0.29, 0.717) is 44.2 Å². The van der Waals surface area contributed by atoms with E-state index in [1.54, 1.807) is 84.9 Å². The second-order valence-electron chi connectivity index (χ2n) is 9.83. The number of nitrogens with one attached hydrogen (secondary N) is 3. The number of benzene rings is 4. The molecule has 0 fully saturated rings. The number of anilines is 2. The Morgan fingerprint density at radius 3 is 2.32 bits per heavy atom. The summed E-state index contributed by atoms with van der Waals surface area (Å²) in [4.78, 5) is 44.3. The van der Waals surface area contributed by atoms with Gasteiger partial charge in [-0.15, -0.1) is 23.1 Å². The normalized spacial score (nSPS) is 11.0. The number of amides is 3. The van der Waals surface area contributed by atoms with Gasteiger partial charge >= 0.3 is 0 Å². The van der Waals surface area contributed by atoms with Crippen molar-refractivity contribution in [2.24, 2.45) is 0 Å². The first-order valence-electron chi connectivity index (χ1n) is 14.2. The van der Waals surface area contributed by atoms with E-state index in [2.05, 4.69) is 20.9 Å². The van der Waals surface area contributed by atoms with Crippen molar-refractivity contribution in [1.29, 1.82) is 0 Å². The van der Waals surface area contributed by atoms with E-state index in [1.165, 1.54) is 37.3 Å². The third-order valence-electron chi connectivity index (χ3n) is 6.63. The van der Waals surface area contributed by atoms with Crippen molar-refractivity contribution in [3.8, 4) is 22.8 Å². The molecule has 0 aliphatic carbocycles. The van der Waals surface area contributed by atoms with Crippen LogP contribution in [-0.4, -0.2) is 42.7 Å². The van der Waals surface area contributed by atoms with Gasteiger partial charge in [0.1, 0.15) is 5.70 Å². The maximum absolute atomic E-state index is 13.4. The van der Waals surface area contributed by atoms with Gasteiger partial charge in [-0.1, -0.05) is 54.1 Å². The zero-order valence-corrected chi connectivity index (χ0v) is 27.7. The van der Waals surface area contributed by atoms with Gasteiger partial charge in [0.05, 0.1) is 25.7 Å². The van der Waals surface area contributed by atoms with E-state index in [-0.39, 0.29) is 17.4 Å². The zero-order valence-electron chi connectivity index (χ0n) is 25.3. The fraction of sp³-hybridized carbons (Fsp3) is 0.0857. The first-order chi connectivity index (χ1) is 22.8. The third-order valence-corrected chi connectivity index (χ3v) is 8.73. The highest BCUT2D eigenvalue weighted by atomic mass is 35.5. The van der Waals surface area contributed by atoms with Gasteiger partial charge in [0.2, 0.25) is 5.91 Å². The molecule has 0 atom stereocenters. The average Bonchev–Trinajstić information content (AvgIpc) is 3.56. The lowest BCUT2D eigenvalue weighted by Gasteiger charge is -2.13. The van der Waals surface area contributed by atoms with Crippen molar-refractivity contribution in [3.63, 3.8) is 0 Å². The molecule has 0 aliphatic heterocycles. The van der Waals surface area contributed by atoms with Crippen LogP contribution in [0.2, 0.25) is 5.02 Å². The molecule has 3 N–H and O–H groups in total. The summed E-state index contributed by atoms with van der Waals surface area (Å²) in [7, 11) is 3.05. The third kappa shape index (κ3) is 9.01. The predicted octanol–water partition coefficient (Wildman–Crippen LogP) is 7.62. The van der Waals surface area contributed by atoms with Gasteiger partial charge in [0, 0.05) is 32.1 Å². The molecule has 0 unspecified atom stereocenters. The fourth-order valence-electron chi connectivity index (χ4n) is 4.31. The van der Waals surface area contributed by atoms with Gasteiger partial charge in [0.15, 0.2) is 16.6 Å². The van der Waals surface area contributed by atoms with Crippen molar-refractivity contribution in [3.05, 3.63) is 124 Å². The first kappa shape index (κ1) is 33.3. The van der Waals surface area contributed by atoms with Gasteiger partial charge in [0.25, 0.3) is 11.8 Å². The van der Waals surface area contributed by atoms with Crippen LogP contribution in [0.15, 0.2) is 113 Å². The average molecular weight is 685 g/mol. The van der Waals surface area contributed by atoms with Crippen molar-refractivity contribution in [1.82, 2.24) is 10.3 Å². The lowest BCUT2D eigenvalue weighted by molar-refractivity contribution is -0.114. The topological polar surface area (TPSA) is 119 Å². The van der Waals surface area contributed by atoms with Gasteiger partial charge in [-0.25, -0.2) is 4.98 Å². The quantitative estimate of drug-likeness (QED) is 0.0914. The molecule has 0 saturated carbocycles. The van der Waals surface area contributed by atoms with Crippen LogP contribution in [0.4, 0.5) is 10.8 Å². The summed E-state index contributed by atoms with van der Waals surface area (Å²) in [5, 5.41) is 11.3. The molecule has 3 amide bonds. The molecule has 4 aromatic carbocycles. The molecular formula is C35H29ClN4O5S2. The Kier molecular flexibility index (Phi) is 11.3. The molecule has 238 valence electrons. The summed E-state index contributed by atoms with van der Waals surface area (Å²) in [5.74, 6) is 0.0114. The van der Waals surface area contributed by atoms with Crippen LogP contribution in [0.1, 0.15) is 15.9 Å². The van der Waals surface area contributed by atoms with Gasteiger partial charge in [-0.3, -0.25) is 14.4 Å². The molecule has 12 heteroatoms. The van der Waals surface area contributed by atoms with Gasteiger partial charge in [-0.05, 0) is 66.2 Å². The minimum absolute atomic E-state index is 0.0288.